The highest BCUT2D eigenvalue weighted by Gasteiger charge is 2.19. The van der Waals surface area contributed by atoms with E-state index in [0.29, 0.717) is 19.3 Å². The number of carbonyl (C=O) groups excluding carboxylic acids is 3. The van der Waals surface area contributed by atoms with Gasteiger partial charge in [-0.3, -0.25) is 14.4 Å². The molecule has 0 spiro atoms. The summed E-state index contributed by atoms with van der Waals surface area (Å²) in [4.78, 5) is 38.4. The molecule has 470 valence electrons. The van der Waals surface area contributed by atoms with Crippen molar-refractivity contribution >= 4 is 17.9 Å². The Kier molecular flexibility index (Phi) is 67.1. The van der Waals surface area contributed by atoms with E-state index in [0.717, 1.165) is 70.6 Å². The summed E-state index contributed by atoms with van der Waals surface area (Å²) in [5.41, 5.74) is 0. The average Bonchev–Trinajstić information content (AvgIpc) is 3.46. The summed E-state index contributed by atoms with van der Waals surface area (Å²) in [5, 5.41) is 0. The molecule has 0 fully saturated rings. The van der Waals surface area contributed by atoms with E-state index >= 15 is 0 Å². The second-order valence-corrected chi connectivity index (χ2v) is 24.5. The summed E-state index contributed by atoms with van der Waals surface area (Å²) >= 11 is 0. The molecule has 0 aromatic heterocycles. The topological polar surface area (TPSA) is 78.9 Å². The third kappa shape index (κ3) is 66.4. The molecule has 0 aliphatic rings. The Hall–Kier alpha value is -2.37. The molecule has 6 nitrogen and oxygen atoms in total. The third-order valence-corrected chi connectivity index (χ3v) is 16.4. The predicted octanol–water partition coefficient (Wildman–Crippen LogP) is 24.7. The average molecular weight is 1120 g/mol. The molecule has 0 aliphatic heterocycles. The van der Waals surface area contributed by atoms with Crippen LogP contribution in [-0.4, -0.2) is 37.2 Å². The summed E-state index contributed by atoms with van der Waals surface area (Å²) in [6, 6.07) is 0. The molecule has 0 aromatic carbocycles. The zero-order valence-electron chi connectivity index (χ0n) is 54.1. The van der Waals surface area contributed by atoms with Crippen molar-refractivity contribution < 1.29 is 28.6 Å². The number of ether oxygens (including phenoxy) is 3. The van der Waals surface area contributed by atoms with Crippen molar-refractivity contribution in [3.05, 3.63) is 36.5 Å². The highest BCUT2D eigenvalue weighted by atomic mass is 16.6. The van der Waals surface area contributed by atoms with Crippen molar-refractivity contribution in [1.82, 2.24) is 0 Å². The monoisotopic (exact) mass is 1120 g/mol. The van der Waals surface area contributed by atoms with Crippen LogP contribution in [0.1, 0.15) is 400 Å². The first kappa shape index (κ1) is 77.6. The molecule has 0 bridgehead atoms. The number of hydrogen-bond acceptors (Lipinski definition) is 6. The maximum absolute atomic E-state index is 12.9. The van der Waals surface area contributed by atoms with E-state index in [4.69, 9.17) is 14.2 Å². The quantitative estimate of drug-likeness (QED) is 0.0261. The van der Waals surface area contributed by atoms with Crippen LogP contribution in [0.5, 0.6) is 0 Å². The lowest BCUT2D eigenvalue weighted by atomic mass is 10.0. The summed E-state index contributed by atoms with van der Waals surface area (Å²) in [7, 11) is 0. The van der Waals surface area contributed by atoms with E-state index in [2.05, 4.69) is 57.2 Å². The number of allylic oxidation sites excluding steroid dienone is 6. The minimum absolute atomic E-state index is 0.0690. The van der Waals surface area contributed by atoms with E-state index in [1.54, 1.807) is 0 Å². The van der Waals surface area contributed by atoms with Gasteiger partial charge in [-0.2, -0.15) is 0 Å². The maximum Gasteiger partial charge on any atom is 0.306 e. The van der Waals surface area contributed by atoms with E-state index in [1.807, 2.05) is 0 Å². The van der Waals surface area contributed by atoms with Crippen molar-refractivity contribution in [3.63, 3.8) is 0 Å². The number of carbonyl (C=O) groups is 3. The molecular weight excluding hydrogens is 985 g/mol. The van der Waals surface area contributed by atoms with E-state index in [9.17, 15) is 14.4 Å². The molecule has 0 aromatic rings. The van der Waals surface area contributed by atoms with Crippen LogP contribution in [0.15, 0.2) is 36.5 Å². The fourth-order valence-electron chi connectivity index (χ4n) is 10.9. The van der Waals surface area contributed by atoms with E-state index in [-0.39, 0.29) is 31.1 Å². The lowest BCUT2D eigenvalue weighted by Crippen LogP contribution is -2.30. The molecular formula is C74H138O6. The highest BCUT2D eigenvalue weighted by molar-refractivity contribution is 5.71. The Morgan fingerprint density at radius 3 is 0.738 bits per heavy atom. The van der Waals surface area contributed by atoms with Crippen molar-refractivity contribution in [2.45, 2.75) is 406 Å². The molecule has 1 atom stereocenters. The summed E-state index contributed by atoms with van der Waals surface area (Å²) in [6.45, 7) is 6.66. The van der Waals surface area contributed by atoms with Gasteiger partial charge in [0.1, 0.15) is 13.2 Å². The van der Waals surface area contributed by atoms with Gasteiger partial charge in [0, 0.05) is 19.3 Å². The van der Waals surface area contributed by atoms with Crippen molar-refractivity contribution in [2.75, 3.05) is 13.2 Å². The number of rotatable bonds is 67. The van der Waals surface area contributed by atoms with Gasteiger partial charge < -0.3 is 14.2 Å². The lowest BCUT2D eigenvalue weighted by molar-refractivity contribution is -0.167. The van der Waals surface area contributed by atoms with Gasteiger partial charge in [-0.1, -0.05) is 346 Å². The van der Waals surface area contributed by atoms with Crippen LogP contribution < -0.4 is 0 Å². The Morgan fingerprint density at radius 1 is 0.250 bits per heavy atom. The van der Waals surface area contributed by atoms with Crippen molar-refractivity contribution in [2.24, 2.45) is 0 Å². The zero-order chi connectivity index (χ0) is 57.8. The number of hydrogen-bond donors (Lipinski definition) is 0. The van der Waals surface area contributed by atoms with Crippen LogP contribution in [-0.2, 0) is 28.6 Å². The van der Waals surface area contributed by atoms with Gasteiger partial charge in [-0.05, 0) is 70.6 Å². The Labute approximate surface area is 499 Å². The SMILES string of the molecule is CCCC/C=C\CCCCCCCC(=O)OCC(COC(=O)CCCCCCCCCCCCCCCCCCC/C=C\C/C=C\CCCCCCC)OC(=O)CCCCCCCCCCCCCCCCCCCCCCCC. The van der Waals surface area contributed by atoms with Crippen LogP contribution in [0.4, 0.5) is 0 Å². The largest absolute Gasteiger partial charge is 0.462 e. The van der Waals surface area contributed by atoms with Crippen LogP contribution in [0.25, 0.3) is 0 Å². The zero-order valence-corrected chi connectivity index (χ0v) is 54.1. The van der Waals surface area contributed by atoms with Gasteiger partial charge in [-0.15, -0.1) is 0 Å². The minimum atomic E-state index is -0.772. The molecule has 80 heavy (non-hydrogen) atoms. The molecule has 1 unspecified atom stereocenters. The summed E-state index contributed by atoms with van der Waals surface area (Å²) in [6.07, 6.45) is 86.2. The van der Waals surface area contributed by atoms with Gasteiger partial charge in [-0.25, -0.2) is 0 Å². The van der Waals surface area contributed by atoms with Gasteiger partial charge in [0.05, 0.1) is 0 Å². The van der Waals surface area contributed by atoms with Crippen LogP contribution >= 0.6 is 0 Å². The first-order valence-electron chi connectivity index (χ1n) is 36.0. The maximum atomic E-state index is 12.9. The molecule has 0 amide bonds. The molecule has 0 saturated carbocycles. The lowest BCUT2D eigenvalue weighted by Gasteiger charge is -2.18. The van der Waals surface area contributed by atoms with Crippen LogP contribution in [0.3, 0.4) is 0 Å². The Morgan fingerprint density at radius 2 is 0.463 bits per heavy atom. The molecule has 0 rings (SSSR count). The minimum Gasteiger partial charge on any atom is -0.462 e. The smallest absolute Gasteiger partial charge is 0.306 e. The fourth-order valence-corrected chi connectivity index (χ4v) is 10.9. The second kappa shape index (κ2) is 69.1. The van der Waals surface area contributed by atoms with E-state index < -0.39 is 6.10 Å². The molecule has 0 aliphatic carbocycles. The van der Waals surface area contributed by atoms with Crippen molar-refractivity contribution in [1.29, 1.82) is 0 Å². The van der Waals surface area contributed by atoms with Crippen molar-refractivity contribution in [3.8, 4) is 0 Å². The first-order valence-corrected chi connectivity index (χ1v) is 36.0. The van der Waals surface area contributed by atoms with Gasteiger partial charge >= 0.3 is 17.9 Å². The van der Waals surface area contributed by atoms with Crippen LogP contribution in [0.2, 0.25) is 0 Å². The van der Waals surface area contributed by atoms with Gasteiger partial charge in [0.15, 0.2) is 6.10 Å². The van der Waals surface area contributed by atoms with Crippen LogP contribution in [0, 0.1) is 0 Å². The molecule has 0 saturated heterocycles. The summed E-state index contributed by atoms with van der Waals surface area (Å²) in [5.74, 6) is -0.850. The molecule has 0 radical (unpaired) electrons. The molecule has 0 heterocycles. The first-order chi connectivity index (χ1) is 39.5. The fraction of sp³-hybridized carbons (Fsp3) is 0.878. The normalized spacial score (nSPS) is 12.2. The predicted molar refractivity (Wildman–Crippen MR) is 349 cm³/mol. The second-order valence-electron chi connectivity index (χ2n) is 24.5. The number of unbranched alkanes of at least 4 members (excludes halogenated alkanes) is 50. The molecule has 6 heteroatoms. The Balaban J connectivity index is 4.14. The van der Waals surface area contributed by atoms with E-state index in [1.165, 1.54) is 289 Å². The van der Waals surface area contributed by atoms with Gasteiger partial charge in [0.25, 0.3) is 0 Å². The standard InChI is InChI=1S/C74H138O6/c1-4-7-10-13-16-19-22-24-26-28-30-32-34-35-36-37-38-39-40-42-43-45-47-49-52-55-58-61-64-67-73(76)79-70-71(69-78-72(75)66-63-60-57-54-51-21-18-15-12-9-6-3)80-74(77)68-65-62-59-56-53-50-48-46-44-41-33-31-29-27-25-23-20-17-14-11-8-5-2/h15,18,22,24,28,30,71H,4-14,16-17,19-21,23,25-27,29,31-70H2,1-3H3/b18-15-,24-22-,30-28-. The van der Waals surface area contributed by atoms with Gasteiger partial charge in [0.2, 0.25) is 0 Å². The number of esters is 3. The summed E-state index contributed by atoms with van der Waals surface area (Å²) < 4.78 is 17.0. The highest BCUT2D eigenvalue weighted by Crippen LogP contribution is 2.19. The Bertz CT molecular complexity index is 1340. The molecule has 0 N–H and O–H groups in total. The third-order valence-electron chi connectivity index (χ3n) is 16.4.